The highest BCUT2D eigenvalue weighted by Gasteiger charge is 2.26. The predicted molar refractivity (Wildman–Crippen MR) is 67.3 cm³/mol. The molecule has 0 aromatic carbocycles. The van der Waals surface area contributed by atoms with Crippen LogP contribution >= 0.6 is 0 Å². The van der Waals surface area contributed by atoms with Crippen LogP contribution in [0.5, 0.6) is 0 Å². The first-order valence-electron chi connectivity index (χ1n) is 6.28. The number of hydrogen-bond acceptors (Lipinski definition) is 4. The maximum absolute atomic E-state index is 12.2. The number of carbonyl (C=O) groups is 2. The van der Waals surface area contributed by atoms with Gasteiger partial charge in [0.05, 0.1) is 0 Å². The normalized spacial score (nSPS) is 19.2. The molecule has 2 heterocycles. The van der Waals surface area contributed by atoms with Gasteiger partial charge in [0.1, 0.15) is 5.82 Å². The molecule has 8 heteroatoms. The van der Waals surface area contributed by atoms with Gasteiger partial charge in [-0.15, -0.1) is 5.10 Å². The first-order chi connectivity index (χ1) is 9.06. The molecule has 1 unspecified atom stereocenters. The summed E-state index contributed by atoms with van der Waals surface area (Å²) in [4.78, 5) is 28.6. The van der Waals surface area contributed by atoms with Crippen molar-refractivity contribution in [2.45, 2.75) is 19.8 Å². The number of urea groups is 1. The van der Waals surface area contributed by atoms with Crippen LogP contribution in [0.25, 0.3) is 0 Å². The van der Waals surface area contributed by atoms with Gasteiger partial charge in [-0.2, -0.15) is 0 Å². The summed E-state index contributed by atoms with van der Waals surface area (Å²) < 4.78 is 0. The molecule has 1 saturated heterocycles. The number of H-pyrrole nitrogens is 1. The van der Waals surface area contributed by atoms with Crippen LogP contribution in [-0.4, -0.2) is 51.7 Å². The number of nitrogens with one attached hydrogen (secondary N) is 2. The summed E-state index contributed by atoms with van der Waals surface area (Å²) >= 11 is 0. The second-order valence-corrected chi connectivity index (χ2v) is 4.75. The number of carbonyl (C=O) groups excluding carboxylic acids is 2. The molecule has 19 heavy (non-hydrogen) atoms. The number of aryl methyl sites for hydroxylation is 1. The number of primary amides is 1. The Morgan fingerprint density at radius 3 is 3.00 bits per heavy atom. The molecule has 1 aromatic rings. The van der Waals surface area contributed by atoms with Crippen LogP contribution in [0.1, 0.15) is 29.3 Å². The molecule has 0 bridgehead atoms. The third-order valence-corrected chi connectivity index (χ3v) is 3.16. The van der Waals surface area contributed by atoms with E-state index in [1.807, 2.05) is 0 Å². The fourth-order valence-corrected chi connectivity index (χ4v) is 2.24. The standard InChI is InChI=1S/C11H18N6O2/c1-7-14-9(16-15-7)10(18)17-4-2-3-8(6-17)5-13-11(12)19/h8H,2-6H2,1H3,(H3,12,13,19)(H,14,15,16). The van der Waals surface area contributed by atoms with Crippen molar-refractivity contribution < 1.29 is 9.59 Å². The number of likely N-dealkylation sites (tertiary alicyclic amines) is 1. The average molecular weight is 266 g/mol. The number of hydrogen-bond donors (Lipinski definition) is 3. The number of piperidine rings is 1. The summed E-state index contributed by atoms with van der Waals surface area (Å²) in [6.07, 6.45) is 1.87. The Kier molecular flexibility index (Phi) is 3.98. The third kappa shape index (κ3) is 3.43. The van der Waals surface area contributed by atoms with Crippen LogP contribution in [0.4, 0.5) is 4.79 Å². The Morgan fingerprint density at radius 1 is 1.58 bits per heavy atom. The molecule has 4 N–H and O–H groups in total. The summed E-state index contributed by atoms with van der Waals surface area (Å²) in [5.74, 6) is 0.867. The monoisotopic (exact) mass is 266 g/mol. The fourth-order valence-electron chi connectivity index (χ4n) is 2.24. The van der Waals surface area contributed by atoms with Crippen molar-refractivity contribution in [1.82, 2.24) is 25.4 Å². The van der Waals surface area contributed by atoms with Crippen LogP contribution in [0.15, 0.2) is 0 Å². The van der Waals surface area contributed by atoms with Gasteiger partial charge in [-0.1, -0.05) is 0 Å². The molecule has 0 spiro atoms. The number of rotatable bonds is 3. The zero-order valence-corrected chi connectivity index (χ0v) is 10.8. The largest absolute Gasteiger partial charge is 0.352 e. The quantitative estimate of drug-likeness (QED) is 0.692. The molecule has 0 saturated carbocycles. The van der Waals surface area contributed by atoms with Crippen LogP contribution in [-0.2, 0) is 0 Å². The molecule has 3 amide bonds. The minimum Gasteiger partial charge on any atom is -0.352 e. The van der Waals surface area contributed by atoms with Crippen LogP contribution in [0.3, 0.4) is 0 Å². The van der Waals surface area contributed by atoms with Crippen molar-refractivity contribution in [3.8, 4) is 0 Å². The van der Waals surface area contributed by atoms with E-state index >= 15 is 0 Å². The topological polar surface area (TPSA) is 117 Å². The van der Waals surface area contributed by atoms with E-state index in [0.717, 1.165) is 12.8 Å². The van der Waals surface area contributed by atoms with E-state index in [0.29, 0.717) is 25.5 Å². The van der Waals surface area contributed by atoms with E-state index in [1.54, 1.807) is 11.8 Å². The van der Waals surface area contributed by atoms with Crippen molar-refractivity contribution in [2.24, 2.45) is 11.7 Å². The van der Waals surface area contributed by atoms with Crippen molar-refractivity contribution in [3.05, 3.63) is 11.6 Å². The number of amides is 3. The predicted octanol–water partition coefficient (Wildman–Crippen LogP) is -0.366. The van der Waals surface area contributed by atoms with Gasteiger partial charge in [0.2, 0.25) is 5.82 Å². The van der Waals surface area contributed by atoms with Crippen molar-refractivity contribution >= 4 is 11.9 Å². The highest BCUT2D eigenvalue weighted by molar-refractivity contribution is 5.90. The number of aromatic amines is 1. The van der Waals surface area contributed by atoms with Gasteiger partial charge in [-0.25, -0.2) is 9.78 Å². The molecule has 0 aliphatic carbocycles. The van der Waals surface area contributed by atoms with Gasteiger partial charge in [-0.05, 0) is 25.7 Å². The molecule has 1 atom stereocenters. The van der Waals surface area contributed by atoms with Gasteiger partial charge < -0.3 is 16.0 Å². The first kappa shape index (κ1) is 13.3. The van der Waals surface area contributed by atoms with Gasteiger partial charge in [0, 0.05) is 19.6 Å². The first-order valence-corrected chi connectivity index (χ1v) is 6.28. The third-order valence-electron chi connectivity index (χ3n) is 3.16. The zero-order valence-electron chi connectivity index (χ0n) is 10.8. The van der Waals surface area contributed by atoms with E-state index in [1.165, 1.54) is 0 Å². The van der Waals surface area contributed by atoms with E-state index in [-0.39, 0.29) is 17.6 Å². The minimum atomic E-state index is -0.534. The number of nitrogens with zero attached hydrogens (tertiary/aromatic N) is 3. The molecule has 2 rings (SSSR count). The Bertz CT molecular complexity index is 472. The minimum absolute atomic E-state index is 0.173. The second kappa shape index (κ2) is 5.68. The molecular formula is C11H18N6O2. The molecule has 1 aliphatic heterocycles. The van der Waals surface area contributed by atoms with E-state index in [2.05, 4.69) is 20.5 Å². The summed E-state index contributed by atoms with van der Waals surface area (Å²) in [6, 6.07) is -0.534. The molecule has 1 aromatic heterocycles. The van der Waals surface area contributed by atoms with Gasteiger partial charge in [0.25, 0.3) is 5.91 Å². The van der Waals surface area contributed by atoms with Gasteiger partial charge in [-0.3, -0.25) is 9.89 Å². The Hall–Kier alpha value is -2.12. The van der Waals surface area contributed by atoms with E-state index in [9.17, 15) is 9.59 Å². The lowest BCUT2D eigenvalue weighted by molar-refractivity contribution is 0.0663. The Morgan fingerprint density at radius 2 is 2.37 bits per heavy atom. The van der Waals surface area contributed by atoms with Crippen molar-refractivity contribution in [2.75, 3.05) is 19.6 Å². The fraction of sp³-hybridized carbons (Fsp3) is 0.636. The summed E-state index contributed by atoms with van der Waals surface area (Å²) in [7, 11) is 0. The highest BCUT2D eigenvalue weighted by atomic mass is 16.2. The van der Waals surface area contributed by atoms with Crippen molar-refractivity contribution in [3.63, 3.8) is 0 Å². The zero-order chi connectivity index (χ0) is 13.8. The van der Waals surface area contributed by atoms with Crippen LogP contribution < -0.4 is 11.1 Å². The average Bonchev–Trinajstić information content (AvgIpc) is 2.82. The van der Waals surface area contributed by atoms with Crippen LogP contribution in [0.2, 0.25) is 0 Å². The van der Waals surface area contributed by atoms with E-state index < -0.39 is 6.03 Å². The lowest BCUT2D eigenvalue weighted by Crippen LogP contribution is -2.44. The maximum Gasteiger partial charge on any atom is 0.312 e. The molecule has 104 valence electrons. The second-order valence-electron chi connectivity index (χ2n) is 4.75. The van der Waals surface area contributed by atoms with Crippen molar-refractivity contribution in [1.29, 1.82) is 0 Å². The smallest absolute Gasteiger partial charge is 0.312 e. The SMILES string of the molecule is Cc1nc(C(=O)N2CCCC(CNC(N)=O)C2)n[nH]1. The van der Waals surface area contributed by atoms with Gasteiger partial charge >= 0.3 is 6.03 Å². The molecule has 0 radical (unpaired) electrons. The van der Waals surface area contributed by atoms with Gasteiger partial charge in [0.15, 0.2) is 0 Å². The summed E-state index contributed by atoms with van der Waals surface area (Å²) in [5, 5.41) is 9.11. The Labute approximate surface area is 110 Å². The molecular weight excluding hydrogens is 248 g/mol. The highest BCUT2D eigenvalue weighted by Crippen LogP contribution is 2.17. The molecule has 8 nitrogen and oxygen atoms in total. The summed E-state index contributed by atoms with van der Waals surface area (Å²) in [6.45, 7) is 3.53. The summed E-state index contributed by atoms with van der Waals surface area (Å²) in [5.41, 5.74) is 5.04. The Balaban J connectivity index is 1.93. The number of nitrogens with two attached hydrogens (primary N) is 1. The van der Waals surface area contributed by atoms with Crippen LogP contribution in [0, 0.1) is 12.8 Å². The molecule has 1 fully saturated rings. The lowest BCUT2D eigenvalue weighted by atomic mass is 9.98. The van der Waals surface area contributed by atoms with E-state index in [4.69, 9.17) is 5.73 Å². The maximum atomic E-state index is 12.2. The molecule has 1 aliphatic rings. The number of aromatic nitrogens is 3. The lowest BCUT2D eigenvalue weighted by Gasteiger charge is -2.32.